The Labute approximate surface area is 224 Å². The molecule has 4 rings (SSSR count). The van der Waals surface area contributed by atoms with E-state index in [1.807, 2.05) is 31.3 Å². The summed E-state index contributed by atoms with van der Waals surface area (Å²) in [7, 11) is 3.15. The molecule has 3 aromatic carbocycles. The second-order valence-corrected chi connectivity index (χ2v) is 9.99. The van der Waals surface area contributed by atoms with Crippen LogP contribution >= 0.6 is 11.3 Å². The lowest BCUT2D eigenvalue weighted by Gasteiger charge is -2.20. The number of benzene rings is 3. The maximum atomic E-state index is 12.8. The molecule has 1 atom stereocenters. The molecule has 0 fully saturated rings. The minimum absolute atomic E-state index is 0.0129. The number of halogens is 3. The van der Waals surface area contributed by atoms with E-state index in [2.05, 4.69) is 22.4 Å². The number of methoxy groups -OCH3 is 2. The minimum Gasteiger partial charge on any atom is -0.496 e. The summed E-state index contributed by atoms with van der Waals surface area (Å²) in [5.41, 5.74) is 1.94. The smallest absolute Gasteiger partial charge is 0.416 e. The number of nitrogens with zero attached hydrogens (tertiary/aromatic N) is 1. The number of alkyl halides is 3. The first kappa shape index (κ1) is 27.5. The summed E-state index contributed by atoms with van der Waals surface area (Å²) in [6.45, 7) is 2.60. The average molecular weight is 543 g/mol. The molecule has 0 saturated heterocycles. The monoisotopic (exact) mass is 542 g/mol. The maximum Gasteiger partial charge on any atom is 0.416 e. The number of hydrogen-bond donors (Lipinski definition) is 1. The lowest BCUT2D eigenvalue weighted by atomic mass is 10.1. The highest BCUT2D eigenvalue weighted by atomic mass is 32.1. The van der Waals surface area contributed by atoms with Gasteiger partial charge in [0.15, 0.2) is 0 Å². The number of thiazole rings is 1. The summed E-state index contributed by atoms with van der Waals surface area (Å²) < 4.78 is 55.7. The van der Waals surface area contributed by atoms with Crippen molar-refractivity contribution in [2.24, 2.45) is 0 Å². The van der Waals surface area contributed by atoms with E-state index >= 15 is 0 Å². The van der Waals surface area contributed by atoms with E-state index < -0.39 is 11.7 Å². The van der Waals surface area contributed by atoms with Gasteiger partial charge in [-0.2, -0.15) is 13.2 Å². The number of aryl methyl sites for hydroxylation is 1. The van der Waals surface area contributed by atoms with E-state index in [4.69, 9.17) is 14.2 Å². The quantitative estimate of drug-likeness (QED) is 0.218. The Bertz CT molecular complexity index is 1300. The number of aromatic nitrogens is 1. The summed E-state index contributed by atoms with van der Waals surface area (Å²) in [4.78, 5) is 5.75. The van der Waals surface area contributed by atoms with Crippen LogP contribution in [-0.4, -0.2) is 19.2 Å². The van der Waals surface area contributed by atoms with E-state index in [1.165, 1.54) is 17.7 Å². The van der Waals surface area contributed by atoms with E-state index in [-0.39, 0.29) is 12.6 Å². The zero-order chi connectivity index (χ0) is 27.1. The molecule has 5 nitrogen and oxygen atoms in total. The molecule has 0 aliphatic carbocycles. The van der Waals surface area contributed by atoms with Crippen LogP contribution in [0.1, 0.15) is 38.2 Å². The summed E-state index contributed by atoms with van der Waals surface area (Å²) in [6, 6.07) is 18.6. The molecule has 0 radical (unpaired) electrons. The van der Waals surface area contributed by atoms with Crippen molar-refractivity contribution in [1.29, 1.82) is 0 Å². The molecular formula is C29H29F3N2O3S. The average Bonchev–Trinajstić information content (AvgIpc) is 3.36. The Morgan fingerprint density at radius 3 is 2.13 bits per heavy atom. The van der Waals surface area contributed by atoms with Gasteiger partial charge in [-0.25, -0.2) is 4.98 Å². The van der Waals surface area contributed by atoms with Gasteiger partial charge in [-0.3, -0.25) is 0 Å². The molecule has 1 N–H and O–H groups in total. The fourth-order valence-corrected chi connectivity index (χ4v) is 4.88. The molecule has 9 heteroatoms. The Morgan fingerprint density at radius 2 is 1.58 bits per heavy atom. The predicted molar refractivity (Wildman–Crippen MR) is 142 cm³/mol. The molecule has 0 amide bonds. The molecule has 0 aliphatic rings. The van der Waals surface area contributed by atoms with Crippen LogP contribution in [0, 0.1) is 6.92 Å². The van der Waals surface area contributed by atoms with Gasteiger partial charge in [0.2, 0.25) is 0 Å². The third kappa shape index (κ3) is 7.05. The highest BCUT2D eigenvalue weighted by Gasteiger charge is 2.30. The van der Waals surface area contributed by atoms with Gasteiger partial charge in [0.25, 0.3) is 0 Å². The Morgan fingerprint density at radius 1 is 0.921 bits per heavy atom. The molecule has 0 spiro atoms. The van der Waals surface area contributed by atoms with Crippen LogP contribution < -0.4 is 19.5 Å². The van der Waals surface area contributed by atoms with Crippen molar-refractivity contribution >= 4 is 11.3 Å². The summed E-state index contributed by atoms with van der Waals surface area (Å²) >= 11 is 1.66. The van der Waals surface area contributed by atoms with Gasteiger partial charge in [-0.1, -0.05) is 42.5 Å². The van der Waals surface area contributed by atoms with Crippen LogP contribution in [0.3, 0.4) is 0 Å². The molecule has 0 aliphatic heterocycles. The van der Waals surface area contributed by atoms with Crippen molar-refractivity contribution in [3.8, 4) is 17.2 Å². The van der Waals surface area contributed by atoms with E-state index in [0.717, 1.165) is 34.0 Å². The molecule has 38 heavy (non-hydrogen) atoms. The van der Waals surface area contributed by atoms with Gasteiger partial charge < -0.3 is 19.5 Å². The van der Waals surface area contributed by atoms with Crippen molar-refractivity contribution in [3.63, 3.8) is 0 Å². The van der Waals surface area contributed by atoms with Crippen LogP contribution in [0.4, 0.5) is 13.2 Å². The highest BCUT2D eigenvalue weighted by Crippen LogP contribution is 2.36. The zero-order valence-corrected chi connectivity index (χ0v) is 22.2. The van der Waals surface area contributed by atoms with Crippen molar-refractivity contribution < 1.29 is 27.4 Å². The molecule has 1 unspecified atom stereocenters. The lowest BCUT2D eigenvalue weighted by Crippen LogP contribution is -2.23. The molecule has 0 saturated carbocycles. The van der Waals surface area contributed by atoms with Gasteiger partial charge in [0.1, 0.15) is 28.9 Å². The van der Waals surface area contributed by atoms with Crippen LogP contribution in [0.2, 0.25) is 0 Å². The molecule has 4 aromatic rings. The SMILES string of the molecule is COc1cc(OCc2ccc(C(F)(F)F)cc2)cc(OC)c1CNC(Cc1ccccc1)c1ncc(C)s1. The number of rotatable bonds is 11. The topological polar surface area (TPSA) is 52.6 Å². The first-order valence-corrected chi connectivity index (χ1v) is 12.8. The molecular weight excluding hydrogens is 513 g/mol. The number of nitrogens with one attached hydrogen (secondary N) is 1. The van der Waals surface area contributed by atoms with Crippen molar-refractivity contribution in [3.05, 3.63) is 105 Å². The Balaban J connectivity index is 1.50. The van der Waals surface area contributed by atoms with Gasteiger partial charge in [0, 0.05) is 29.8 Å². The van der Waals surface area contributed by atoms with E-state index in [9.17, 15) is 13.2 Å². The summed E-state index contributed by atoms with van der Waals surface area (Å²) in [5.74, 6) is 1.64. The second-order valence-electron chi connectivity index (χ2n) is 8.72. The van der Waals surface area contributed by atoms with E-state index in [0.29, 0.717) is 29.4 Å². The normalized spacial score (nSPS) is 12.3. The second kappa shape index (κ2) is 12.3. The van der Waals surface area contributed by atoms with Crippen molar-refractivity contribution in [2.45, 2.75) is 38.7 Å². The predicted octanol–water partition coefficient (Wildman–Crippen LogP) is 7.14. The fourth-order valence-electron chi connectivity index (χ4n) is 4.03. The lowest BCUT2D eigenvalue weighted by molar-refractivity contribution is -0.137. The molecule has 1 heterocycles. The maximum absolute atomic E-state index is 12.8. The highest BCUT2D eigenvalue weighted by molar-refractivity contribution is 7.11. The van der Waals surface area contributed by atoms with Gasteiger partial charge in [-0.15, -0.1) is 11.3 Å². The largest absolute Gasteiger partial charge is 0.496 e. The standard InChI is InChI=1S/C29H29F3N2O3S/c1-19-16-34-28(38-19)25(13-20-7-5-4-6-8-20)33-17-24-26(35-2)14-23(15-27(24)36-3)37-18-21-9-11-22(12-10-21)29(30,31)32/h4-12,14-16,25,33H,13,17-18H2,1-3H3. The molecule has 200 valence electrons. The van der Waals surface area contributed by atoms with E-state index in [1.54, 1.807) is 37.7 Å². The Kier molecular flexibility index (Phi) is 8.91. The van der Waals surface area contributed by atoms with Crippen LogP contribution in [0.25, 0.3) is 0 Å². The molecule has 1 aromatic heterocycles. The minimum atomic E-state index is -4.37. The summed E-state index contributed by atoms with van der Waals surface area (Å²) in [5, 5.41) is 4.61. The fraction of sp³-hybridized carbons (Fsp3) is 0.276. The Hall–Kier alpha value is -3.56. The first-order chi connectivity index (χ1) is 18.3. The third-order valence-corrected chi connectivity index (χ3v) is 7.04. The summed E-state index contributed by atoms with van der Waals surface area (Å²) in [6.07, 6.45) is -1.72. The molecule has 0 bridgehead atoms. The van der Waals surface area contributed by atoms with Crippen LogP contribution in [-0.2, 0) is 25.7 Å². The van der Waals surface area contributed by atoms with Gasteiger partial charge in [0.05, 0.1) is 31.4 Å². The third-order valence-electron chi connectivity index (χ3n) is 6.01. The number of hydrogen-bond acceptors (Lipinski definition) is 6. The van der Waals surface area contributed by atoms with Crippen LogP contribution in [0.15, 0.2) is 72.9 Å². The first-order valence-electron chi connectivity index (χ1n) is 12.0. The van der Waals surface area contributed by atoms with Crippen molar-refractivity contribution in [1.82, 2.24) is 10.3 Å². The van der Waals surface area contributed by atoms with Crippen LogP contribution in [0.5, 0.6) is 17.2 Å². The van der Waals surface area contributed by atoms with Gasteiger partial charge in [-0.05, 0) is 36.6 Å². The van der Waals surface area contributed by atoms with Gasteiger partial charge >= 0.3 is 6.18 Å². The van der Waals surface area contributed by atoms with Crippen molar-refractivity contribution in [2.75, 3.05) is 14.2 Å². The number of ether oxygens (including phenoxy) is 3. The zero-order valence-electron chi connectivity index (χ0n) is 21.3.